The summed E-state index contributed by atoms with van der Waals surface area (Å²) in [7, 11) is 1.91. The van der Waals surface area contributed by atoms with Gasteiger partial charge in [-0.1, -0.05) is 36.4 Å². The molecule has 4 heteroatoms. The Bertz CT molecular complexity index is 685. The largest absolute Gasteiger partial charge is 0.407 e. The third-order valence-corrected chi connectivity index (χ3v) is 2.93. The van der Waals surface area contributed by atoms with Crippen LogP contribution in [0.3, 0.4) is 0 Å². The molecule has 0 aliphatic rings. The lowest BCUT2D eigenvalue weighted by molar-refractivity contribution is 0.579. The molecule has 3 aromatic rings. The average molecular weight is 239 g/mol. The lowest BCUT2D eigenvalue weighted by Crippen LogP contribution is -2.10. The van der Waals surface area contributed by atoms with E-state index in [1.807, 2.05) is 36.2 Å². The molecule has 1 heterocycles. The van der Waals surface area contributed by atoms with Gasteiger partial charge in [0.1, 0.15) is 0 Å². The molecule has 0 amide bonds. The first-order valence-electron chi connectivity index (χ1n) is 5.68. The molecular formula is C14H13N3O. The monoisotopic (exact) mass is 239 g/mol. The van der Waals surface area contributed by atoms with E-state index in [9.17, 15) is 0 Å². The number of hydrogen-bond donors (Lipinski definition) is 1. The fourth-order valence-electron chi connectivity index (χ4n) is 2.04. The number of anilines is 3. The number of rotatable bonds is 2. The lowest BCUT2D eigenvalue weighted by Gasteiger charge is -2.16. The van der Waals surface area contributed by atoms with Gasteiger partial charge in [-0.2, -0.15) is 4.98 Å². The smallest absolute Gasteiger partial charge is 0.303 e. The topological polar surface area (TPSA) is 55.3 Å². The van der Waals surface area contributed by atoms with Gasteiger partial charge in [-0.25, -0.2) is 0 Å². The number of hydrogen-bond acceptors (Lipinski definition) is 4. The summed E-state index contributed by atoms with van der Waals surface area (Å²) in [5.41, 5.74) is 6.59. The Morgan fingerprint density at radius 1 is 1.11 bits per heavy atom. The molecular weight excluding hydrogens is 226 g/mol. The second kappa shape index (κ2) is 4.07. The molecule has 2 N–H and O–H groups in total. The Hall–Kier alpha value is -2.49. The molecule has 0 aliphatic carbocycles. The molecule has 0 fully saturated rings. The van der Waals surface area contributed by atoms with Crippen LogP contribution in [-0.4, -0.2) is 12.0 Å². The van der Waals surface area contributed by atoms with Crippen molar-refractivity contribution >= 4 is 28.4 Å². The molecule has 0 atom stereocenters. The first-order chi connectivity index (χ1) is 8.75. The number of nitrogens with zero attached hydrogens (tertiary/aromatic N) is 2. The molecule has 3 rings (SSSR count). The van der Waals surface area contributed by atoms with Gasteiger partial charge in [0.2, 0.25) is 5.88 Å². The SMILES string of the molecule is CN(c1ncc(N)o1)c1cccc2ccccc12. The van der Waals surface area contributed by atoms with Crippen LogP contribution in [0.15, 0.2) is 53.1 Å². The Labute approximate surface area is 105 Å². The van der Waals surface area contributed by atoms with Gasteiger partial charge < -0.3 is 10.2 Å². The fraction of sp³-hybridized carbons (Fsp3) is 0.0714. The molecule has 0 saturated carbocycles. The van der Waals surface area contributed by atoms with Gasteiger partial charge in [-0.15, -0.1) is 0 Å². The Balaban J connectivity index is 2.14. The number of fused-ring (bicyclic) bond motifs is 1. The average Bonchev–Trinajstić information content (AvgIpc) is 2.84. The van der Waals surface area contributed by atoms with Gasteiger partial charge in [-0.05, 0) is 11.5 Å². The maximum absolute atomic E-state index is 5.55. The minimum absolute atomic E-state index is 0.317. The molecule has 2 aromatic carbocycles. The van der Waals surface area contributed by atoms with Gasteiger partial charge in [0.15, 0.2) is 0 Å². The van der Waals surface area contributed by atoms with Crippen LogP contribution in [0, 0.1) is 0 Å². The van der Waals surface area contributed by atoms with Gasteiger partial charge in [0.05, 0.1) is 11.9 Å². The molecule has 0 aliphatic heterocycles. The van der Waals surface area contributed by atoms with Crippen LogP contribution >= 0.6 is 0 Å². The summed E-state index contributed by atoms with van der Waals surface area (Å²) in [4.78, 5) is 6.02. The number of oxazole rings is 1. The Morgan fingerprint density at radius 3 is 2.67 bits per heavy atom. The molecule has 4 nitrogen and oxygen atoms in total. The summed E-state index contributed by atoms with van der Waals surface area (Å²) in [5, 5.41) is 2.33. The van der Waals surface area contributed by atoms with Crippen LogP contribution < -0.4 is 10.6 Å². The van der Waals surface area contributed by atoms with Crippen molar-refractivity contribution in [1.29, 1.82) is 0 Å². The van der Waals surface area contributed by atoms with E-state index in [2.05, 4.69) is 23.2 Å². The van der Waals surface area contributed by atoms with Crippen LogP contribution in [0.2, 0.25) is 0 Å². The highest BCUT2D eigenvalue weighted by molar-refractivity contribution is 5.95. The fourth-order valence-corrected chi connectivity index (χ4v) is 2.04. The number of nitrogen functional groups attached to an aromatic ring is 1. The van der Waals surface area contributed by atoms with Crippen molar-refractivity contribution in [3.05, 3.63) is 48.7 Å². The number of benzene rings is 2. The van der Waals surface area contributed by atoms with E-state index in [1.54, 1.807) is 0 Å². The van der Waals surface area contributed by atoms with Crippen LogP contribution in [0.4, 0.5) is 17.6 Å². The zero-order valence-electron chi connectivity index (χ0n) is 10.00. The van der Waals surface area contributed by atoms with Crippen LogP contribution in [-0.2, 0) is 0 Å². The highest BCUT2D eigenvalue weighted by Crippen LogP contribution is 2.30. The van der Waals surface area contributed by atoms with E-state index < -0.39 is 0 Å². The summed E-state index contributed by atoms with van der Waals surface area (Å²) in [6, 6.07) is 14.8. The third kappa shape index (κ3) is 1.68. The van der Waals surface area contributed by atoms with Gasteiger partial charge in [-0.3, -0.25) is 4.90 Å². The summed E-state index contributed by atoms with van der Waals surface area (Å²) < 4.78 is 5.34. The first-order valence-corrected chi connectivity index (χ1v) is 5.68. The second-order valence-electron chi connectivity index (χ2n) is 4.10. The molecule has 0 spiro atoms. The van der Waals surface area contributed by atoms with Crippen LogP contribution in [0.25, 0.3) is 10.8 Å². The van der Waals surface area contributed by atoms with Crippen molar-refractivity contribution in [2.75, 3.05) is 17.7 Å². The summed E-state index contributed by atoms with van der Waals surface area (Å²) in [6.45, 7) is 0. The van der Waals surface area contributed by atoms with E-state index >= 15 is 0 Å². The minimum atomic E-state index is 0.317. The van der Waals surface area contributed by atoms with Crippen molar-refractivity contribution < 1.29 is 4.42 Å². The standard InChI is InChI=1S/C14H13N3O/c1-17(14-16-9-13(15)18-14)12-8-4-6-10-5-2-3-7-11(10)12/h2-9H,15H2,1H3. The van der Waals surface area contributed by atoms with E-state index in [0.717, 1.165) is 11.1 Å². The van der Waals surface area contributed by atoms with Crippen molar-refractivity contribution in [1.82, 2.24) is 4.98 Å². The highest BCUT2D eigenvalue weighted by atomic mass is 16.4. The summed E-state index contributed by atoms with van der Waals surface area (Å²) in [6.07, 6.45) is 1.51. The highest BCUT2D eigenvalue weighted by Gasteiger charge is 2.12. The minimum Gasteiger partial charge on any atom is -0.407 e. The molecule has 0 unspecified atom stereocenters. The predicted octanol–water partition coefficient (Wildman–Crippen LogP) is 3.18. The maximum atomic E-state index is 5.55. The zero-order valence-corrected chi connectivity index (χ0v) is 10.00. The van der Waals surface area contributed by atoms with E-state index in [0.29, 0.717) is 11.9 Å². The van der Waals surface area contributed by atoms with Crippen molar-refractivity contribution in [3.63, 3.8) is 0 Å². The van der Waals surface area contributed by atoms with Crippen LogP contribution in [0.1, 0.15) is 0 Å². The van der Waals surface area contributed by atoms with Crippen LogP contribution in [0.5, 0.6) is 0 Å². The van der Waals surface area contributed by atoms with Crippen molar-refractivity contribution in [3.8, 4) is 0 Å². The summed E-state index contributed by atoms with van der Waals surface area (Å²) >= 11 is 0. The van der Waals surface area contributed by atoms with Gasteiger partial charge in [0.25, 0.3) is 0 Å². The normalized spacial score (nSPS) is 10.7. The van der Waals surface area contributed by atoms with Crippen molar-refractivity contribution in [2.45, 2.75) is 0 Å². The molecule has 0 bridgehead atoms. The molecule has 90 valence electrons. The molecule has 1 aromatic heterocycles. The third-order valence-electron chi connectivity index (χ3n) is 2.93. The van der Waals surface area contributed by atoms with E-state index in [4.69, 9.17) is 10.2 Å². The summed E-state index contributed by atoms with van der Waals surface area (Å²) in [5.74, 6) is 0.317. The van der Waals surface area contributed by atoms with Gasteiger partial charge >= 0.3 is 6.01 Å². The molecule has 0 radical (unpaired) electrons. The maximum Gasteiger partial charge on any atom is 0.303 e. The first kappa shape index (κ1) is 10.7. The zero-order chi connectivity index (χ0) is 12.5. The van der Waals surface area contributed by atoms with Crippen molar-refractivity contribution in [2.24, 2.45) is 0 Å². The van der Waals surface area contributed by atoms with Gasteiger partial charge in [0, 0.05) is 12.4 Å². The van der Waals surface area contributed by atoms with E-state index in [1.165, 1.54) is 11.6 Å². The Kier molecular flexibility index (Phi) is 2.41. The molecule has 0 saturated heterocycles. The predicted molar refractivity (Wildman–Crippen MR) is 72.9 cm³/mol. The van der Waals surface area contributed by atoms with E-state index in [-0.39, 0.29) is 0 Å². The number of aromatic nitrogens is 1. The quantitative estimate of drug-likeness (QED) is 0.746. The Morgan fingerprint density at radius 2 is 1.89 bits per heavy atom. The number of nitrogens with two attached hydrogens (primary N) is 1. The lowest BCUT2D eigenvalue weighted by atomic mass is 10.1. The molecule has 18 heavy (non-hydrogen) atoms. The second-order valence-corrected chi connectivity index (χ2v) is 4.10.